The first-order chi connectivity index (χ1) is 8.13. The van der Waals surface area contributed by atoms with E-state index >= 15 is 0 Å². The van der Waals surface area contributed by atoms with Crippen LogP contribution in [0.3, 0.4) is 0 Å². The Morgan fingerprint density at radius 3 is 2.65 bits per heavy atom. The Balaban J connectivity index is 2.41. The smallest absolute Gasteiger partial charge is 0.239 e. The number of rotatable bonds is 6. The lowest BCUT2D eigenvalue weighted by Gasteiger charge is -2.20. The first kappa shape index (κ1) is 13.5. The van der Waals surface area contributed by atoms with Crippen molar-refractivity contribution >= 4 is 11.6 Å². The number of carbonyl (C=O) groups is 1. The van der Waals surface area contributed by atoms with Gasteiger partial charge in [-0.2, -0.15) is 0 Å². The Morgan fingerprint density at radius 2 is 2.06 bits per heavy atom. The van der Waals surface area contributed by atoms with Crippen LogP contribution in [-0.2, 0) is 9.53 Å². The lowest BCUT2D eigenvalue weighted by Crippen LogP contribution is -2.41. The quantitative estimate of drug-likeness (QED) is 0.809. The molecule has 1 atom stereocenters. The van der Waals surface area contributed by atoms with Gasteiger partial charge in [0.25, 0.3) is 0 Å². The second kappa shape index (κ2) is 6.91. The number of hydrogen-bond acceptors (Lipinski definition) is 3. The number of nitrogens with zero attached hydrogens (tertiary/aromatic N) is 1. The zero-order valence-electron chi connectivity index (χ0n) is 10.6. The highest BCUT2D eigenvalue weighted by molar-refractivity contribution is 5.81. The molecule has 0 saturated heterocycles. The molecule has 17 heavy (non-hydrogen) atoms. The fourth-order valence-corrected chi connectivity index (χ4v) is 1.60. The molecule has 0 fully saturated rings. The normalized spacial score (nSPS) is 11.9. The standard InChI is InChI=1S/C13H20N2O2/c1-11(10-17-3)14-13(16)9-15(2)12-7-5-4-6-8-12/h4-8,11H,9-10H2,1-3H3,(H,14,16)/t11-/m0/s1. The molecule has 1 aromatic carbocycles. The van der Waals surface area contributed by atoms with Crippen LogP contribution in [0.2, 0.25) is 0 Å². The van der Waals surface area contributed by atoms with Crippen molar-refractivity contribution in [2.75, 3.05) is 32.2 Å². The number of amides is 1. The lowest BCUT2D eigenvalue weighted by molar-refractivity contribution is -0.120. The van der Waals surface area contributed by atoms with Crippen LogP contribution in [0, 0.1) is 0 Å². The van der Waals surface area contributed by atoms with Crippen molar-refractivity contribution in [3.8, 4) is 0 Å². The predicted octanol–water partition coefficient (Wildman–Crippen LogP) is 1.27. The fraction of sp³-hybridized carbons (Fsp3) is 0.462. The minimum absolute atomic E-state index is 0.000836. The van der Waals surface area contributed by atoms with E-state index in [1.165, 1.54) is 0 Å². The average molecular weight is 236 g/mol. The molecule has 0 bridgehead atoms. The highest BCUT2D eigenvalue weighted by atomic mass is 16.5. The summed E-state index contributed by atoms with van der Waals surface area (Å²) >= 11 is 0. The molecule has 4 nitrogen and oxygen atoms in total. The van der Waals surface area contributed by atoms with Gasteiger partial charge in [0.15, 0.2) is 0 Å². The molecule has 94 valence electrons. The number of para-hydroxylation sites is 1. The maximum Gasteiger partial charge on any atom is 0.239 e. The van der Waals surface area contributed by atoms with E-state index in [1.807, 2.05) is 49.2 Å². The van der Waals surface area contributed by atoms with Crippen molar-refractivity contribution in [2.45, 2.75) is 13.0 Å². The Labute approximate surface area is 103 Å². The number of anilines is 1. The summed E-state index contributed by atoms with van der Waals surface area (Å²) < 4.78 is 4.97. The third-order valence-corrected chi connectivity index (χ3v) is 2.40. The van der Waals surface area contributed by atoms with Gasteiger partial charge in [-0.3, -0.25) is 4.79 Å². The van der Waals surface area contributed by atoms with Crippen molar-refractivity contribution in [1.82, 2.24) is 5.32 Å². The zero-order chi connectivity index (χ0) is 12.7. The zero-order valence-corrected chi connectivity index (χ0v) is 10.6. The predicted molar refractivity (Wildman–Crippen MR) is 69.2 cm³/mol. The van der Waals surface area contributed by atoms with Gasteiger partial charge in [-0.1, -0.05) is 18.2 Å². The van der Waals surface area contributed by atoms with Gasteiger partial charge in [-0.25, -0.2) is 0 Å². The van der Waals surface area contributed by atoms with Gasteiger partial charge in [0.05, 0.1) is 13.2 Å². The van der Waals surface area contributed by atoms with Gasteiger partial charge in [0.1, 0.15) is 0 Å². The van der Waals surface area contributed by atoms with Gasteiger partial charge in [-0.15, -0.1) is 0 Å². The van der Waals surface area contributed by atoms with E-state index in [1.54, 1.807) is 7.11 Å². The summed E-state index contributed by atoms with van der Waals surface area (Å²) in [5.74, 6) is 0.000836. The molecule has 0 spiro atoms. The number of ether oxygens (including phenoxy) is 1. The molecule has 0 aromatic heterocycles. The molecule has 0 radical (unpaired) electrons. The van der Waals surface area contributed by atoms with E-state index in [2.05, 4.69) is 5.32 Å². The molecule has 0 aliphatic heterocycles. The van der Waals surface area contributed by atoms with Crippen LogP contribution in [-0.4, -0.2) is 39.3 Å². The second-order valence-electron chi connectivity index (χ2n) is 4.12. The van der Waals surface area contributed by atoms with E-state index in [0.29, 0.717) is 13.2 Å². The molecular formula is C13H20N2O2. The highest BCUT2D eigenvalue weighted by Crippen LogP contribution is 2.09. The summed E-state index contributed by atoms with van der Waals surface area (Å²) in [6, 6.07) is 9.86. The maximum absolute atomic E-state index is 11.7. The number of benzene rings is 1. The number of carbonyl (C=O) groups excluding carboxylic acids is 1. The SMILES string of the molecule is COC[C@H](C)NC(=O)CN(C)c1ccccc1. The van der Waals surface area contributed by atoms with Crippen molar-refractivity contribution < 1.29 is 9.53 Å². The third-order valence-electron chi connectivity index (χ3n) is 2.40. The average Bonchev–Trinajstić information content (AvgIpc) is 2.30. The molecule has 0 heterocycles. The molecular weight excluding hydrogens is 216 g/mol. The molecule has 1 aromatic rings. The van der Waals surface area contributed by atoms with Crippen LogP contribution in [0.4, 0.5) is 5.69 Å². The number of likely N-dealkylation sites (N-methyl/N-ethyl adjacent to an activating group) is 1. The Bertz CT molecular complexity index is 341. The van der Waals surface area contributed by atoms with Gasteiger partial charge >= 0.3 is 0 Å². The topological polar surface area (TPSA) is 41.6 Å². The van der Waals surface area contributed by atoms with Crippen LogP contribution in [0.1, 0.15) is 6.92 Å². The van der Waals surface area contributed by atoms with Crippen LogP contribution in [0.15, 0.2) is 30.3 Å². The molecule has 0 unspecified atom stereocenters. The number of nitrogens with one attached hydrogen (secondary N) is 1. The van der Waals surface area contributed by atoms with E-state index in [-0.39, 0.29) is 11.9 Å². The Kier molecular flexibility index (Phi) is 5.49. The van der Waals surface area contributed by atoms with Gasteiger partial charge < -0.3 is 15.0 Å². The molecule has 4 heteroatoms. The summed E-state index contributed by atoms with van der Waals surface area (Å²) in [4.78, 5) is 13.6. The minimum Gasteiger partial charge on any atom is -0.383 e. The molecule has 0 aliphatic carbocycles. The maximum atomic E-state index is 11.7. The van der Waals surface area contributed by atoms with Crippen LogP contribution in [0.5, 0.6) is 0 Å². The highest BCUT2D eigenvalue weighted by Gasteiger charge is 2.09. The Morgan fingerprint density at radius 1 is 1.41 bits per heavy atom. The molecule has 1 rings (SSSR count). The molecule has 0 aliphatic rings. The number of hydrogen-bond donors (Lipinski definition) is 1. The van der Waals surface area contributed by atoms with Crippen molar-refractivity contribution in [2.24, 2.45) is 0 Å². The van der Waals surface area contributed by atoms with E-state index < -0.39 is 0 Å². The largest absolute Gasteiger partial charge is 0.383 e. The van der Waals surface area contributed by atoms with E-state index in [4.69, 9.17) is 4.74 Å². The van der Waals surface area contributed by atoms with Crippen LogP contribution < -0.4 is 10.2 Å². The van der Waals surface area contributed by atoms with Crippen molar-refractivity contribution in [3.05, 3.63) is 30.3 Å². The molecule has 0 saturated carbocycles. The van der Waals surface area contributed by atoms with Crippen LogP contribution in [0.25, 0.3) is 0 Å². The molecule has 1 amide bonds. The van der Waals surface area contributed by atoms with Gasteiger partial charge in [0.2, 0.25) is 5.91 Å². The monoisotopic (exact) mass is 236 g/mol. The molecule has 1 N–H and O–H groups in total. The summed E-state index contributed by atoms with van der Waals surface area (Å²) in [5, 5.41) is 2.88. The summed E-state index contributed by atoms with van der Waals surface area (Å²) in [5.41, 5.74) is 1.03. The minimum atomic E-state index is 0.000836. The van der Waals surface area contributed by atoms with Gasteiger partial charge in [-0.05, 0) is 19.1 Å². The van der Waals surface area contributed by atoms with Crippen molar-refractivity contribution in [1.29, 1.82) is 0 Å². The Hall–Kier alpha value is -1.55. The fourth-order valence-electron chi connectivity index (χ4n) is 1.60. The number of methoxy groups -OCH3 is 1. The van der Waals surface area contributed by atoms with Crippen molar-refractivity contribution in [3.63, 3.8) is 0 Å². The summed E-state index contributed by atoms with van der Waals surface area (Å²) in [6.07, 6.45) is 0. The van der Waals surface area contributed by atoms with Crippen LogP contribution >= 0.6 is 0 Å². The van der Waals surface area contributed by atoms with E-state index in [9.17, 15) is 4.79 Å². The van der Waals surface area contributed by atoms with Gasteiger partial charge in [0, 0.05) is 25.9 Å². The summed E-state index contributed by atoms with van der Waals surface area (Å²) in [6.45, 7) is 2.79. The third kappa shape index (κ3) is 4.87. The van der Waals surface area contributed by atoms with E-state index in [0.717, 1.165) is 5.69 Å². The first-order valence-electron chi connectivity index (χ1n) is 5.68. The second-order valence-corrected chi connectivity index (χ2v) is 4.12. The first-order valence-corrected chi connectivity index (χ1v) is 5.68. The lowest BCUT2D eigenvalue weighted by atomic mass is 10.3. The summed E-state index contributed by atoms with van der Waals surface area (Å²) in [7, 11) is 3.52.